The Hall–Kier alpha value is -2.64. The molecule has 0 fully saturated rings. The minimum Gasteiger partial charge on any atom is -0.450 e. The van der Waals surface area contributed by atoms with Crippen molar-refractivity contribution in [1.82, 2.24) is 10.6 Å². The molecule has 0 aliphatic heterocycles. The first kappa shape index (κ1) is 19.7. The molecule has 4 amide bonds. The Balaban J connectivity index is 0. The fourth-order valence-corrected chi connectivity index (χ4v) is 0.638. The lowest BCUT2D eigenvalue weighted by atomic mass is 10.6. The van der Waals surface area contributed by atoms with Crippen LogP contribution in [0.2, 0.25) is 0 Å². The van der Waals surface area contributed by atoms with Crippen LogP contribution in [0.3, 0.4) is 0 Å². The molecule has 0 atom stereocenters. The SMILES string of the molecule is C=CC(=O)NC(=O)OCC.C=CC(=O)NC(=O)OCC. The Kier molecular flexibility index (Phi) is 12.6. The van der Waals surface area contributed by atoms with Gasteiger partial charge in [-0.1, -0.05) is 13.2 Å². The molecule has 112 valence electrons. The minimum atomic E-state index is -0.743. The van der Waals surface area contributed by atoms with Crippen LogP contribution in [0.4, 0.5) is 9.59 Å². The molecule has 0 spiro atoms. The van der Waals surface area contributed by atoms with Gasteiger partial charge in [-0.3, -0.25) is 20.2 Å². The van der Waals surface area contributed by atoms with E-state index < -0.39 is 24.0 Å². The van der Waals surface area contributed by atoms with E-state index in [9.17, 15) is 19.2 Å². The molecule has 8 heteroatoms. The van der Waals surface area contributed by atoms with E-state index in [1.807, 2.05) is 10.6 Å². The average Bonchev–Trinajstić information content (AvgIpc) is 2.39. The van der Waals surface area contributed by atoms with Crippen LogP contribution >= 0.6 is 0 Å². The van der Waals surface area contributed by atoms with E-state index in [0.717, 1.165) is 12.2 Å². The molecular formula is C12H18N2O6. The van der Waals surface area contributed by atoms with E-state index in [4.69, 9.17) is 0 Å². The molecule has 0 unspecified atom stereocenters. The van der Waals surface area contributed by atoms with Crippen LogP contribution in [-0.2, 0) is 19.1 Å². The van der Waals surface area contributed by atoms with Crippen LogP contribution in [0.5, 0.6) is 0 Å². The Morgan fingerprint density at radius 2 is 1.15 bits per heavy atom. The molecule has 0 saturated carbocycles. The third kappa shape index (κ3) is 13.4. The molecule has 0 rings (SSSR count). The quantitative estimate of drug-likeness (QED) is 0.742. The summed E-state index contributed by atoms with van der Waals surface area (Å²) in [6.45, 7) is 10.1. The summed E-state index contributed by atoms with van der Waals surface area (Å²) in [6.07, 6.45) is 0.508. The van der Waals surface area contributed by atoms with Gasteiger partial charge in [-0.05, 0) is 26.0 Å². The largest absolute Gasteiger partial charge is 0.450 e. The summed E-state index contributed by atoms with van der Waals surface area (Å²) in [5.41, 5.74) is 0. The number of rotatable bonds is 4. The van der Waals surface area contributed by atoms with E-state index in [0.29, 0.717) is 0 Å². The highest BCUT2D eigenvalue weighted by atomic mass is 16.6. The standard InChI is InChI=1S/2C6H9NO3/c2*1-3-5(8)7-6(9)10-4-2/h2*3H,1,4H2,2H3,(H,7,8,9). The number of amides is 4. The summed E-state index contributed by atoms with van der Waals surface area (Å²) in [5.74, 6) is -1.11. The van der Waals surface area contributed by atoms with Crippen LogP contribution in [0.15, 0.2) is 25.3 Å². The first-order valence-corrected chi connectivity index (χ1v) is 5.61. The maximum absolute atomic E-state index is 10.4. The summed E-state index contributed by atoms with van der Waals surface area (Å²) in [4.78, 5) is 41.6. The van der Waals surface area contributed by atoms with Gasteiger partial charge in [-0.15, -0.1) is 0 Å². The second-order valence-corrected chi connectivity index (χ2v) is 2.83. The van der Waals surface area contributed by atoms with Crippen molar-refractivity contribution in [2.45, 2.75) is 13.8 Å². The molecule has 0 heterocycles. The molecule has 0 aromatic rings. The minimum absolute atomic E-state index is 0.246. The second kappa shape index (κ2) is 12.8. The zero-order valence-electron chi connectivity index (χ0n) is 11.4. The summed E-state index contributed by atoms with van der Waals surface area (Å²) < 4.78 is 8.79. The number of carbonyl (C=O) groups excluding carboxylic acids is 4. The molecule has 0 aromatic heterocycles. The first-order chi connectivity index (χ1) is 9.40. The monoisotopic (exact) mass is 286 g/mol. The van der Waals surface area contributed by atoms with Crippen molar-refractivity contribution in [3.8, 4) is 0 Å². The Bertz CT molecular complexity index is 342. The molecular weight excluding hydrogens is 268 g/mol. The number of nitrogens with one attached hydrogen (secondary N) is 2. The lowest BCUT2D eigenvalue weighted by Crippen LogP contribution is -2.29. The zero-order valence-corrected chi connectivity index (χ0v) is 11.4. The van der Waals surface area contributed by atoms with Gasteiger partial charge in [0.2, 0.25) is 0 Å². The van der Waals surface area contributed by atoms with E-state index >= 15 is 0 Å². The van der Waals surface area contributed by atoms with Crippen molar-refractivity contribution in [2.75, 3.05) is 13.2 Å². The van der Waals surface area contributed by atoms with Gasteiger partial charge in [-0.2, -0.15) is 0 Å². The Labute approximate surface area is 116 Å². The molecule has 2 N–H and O–H groups in total. The third-order valence-electron chi connectivity index (χ3n) is 1.37. The fourth-order valence-electron chi connectivity index (χ4n) is 0.638. The normalized spacial score (nSPS) is 8.10. The van der Waals surface area contributed by atoms with E-state index in [2.05, 4.69) is 22.6 Å². The number of hydrogen-bond donors (Lipinski definition) is 2. The van der Waals surface area contributed by atoms with Crippen LogP contribution < -0.4 is 10.6 Å². The highest BCUT2D eigenvalue weighted by Gasteiger charge is 2.02. The van der Waals surface area contributed by atoms with Gasteiger partial charge in [0.05, 0.1) is 13.2 Å². The smallest absolute Gasteiger partial charge is 0.414 e. The Morgan fingerprint density at radius 1 is 0.850 bits per heavy atom. The lowest BCUT2D eigenvalue weighted by Gasteiger charge is -1.99. The van der Waals surface area contributed by atoms with Crippen molar-refractivity contribution in [1.29, 1.82) is 0 Å². The number of alkyl carbamates (subject to hydrolysis) is 2. The first-order valence-electron chi connectivity index (χ1n) is 5.61. The third-order valence-corrected chi connectivity index (χ3v) is 1.37. The molecule has 0 aliphatic rings. The van der Waals surface area contributed by atoms with Gasteiger partial charge in [0.1, 0.15) is 0 Å². The van der Waals surface area contributed by atoms with Crippen molar-refractivity contribution in [3.63, 3.8) is 0 Å². The van der Waals surface area contributed by atoms with Gasteiger partial charge in [-0.25, -0.2) is 9.59 Å². The summed E-state index contributed by atoms with van der Waals surface area (Å²) in [5, 5.41) is 3.82. The Morgan fingerprint density at radius 3 is 1.35 bits per heavy atom. The van der Waals surface area contributed by atoms with Gasteiger partial charge in [0.15, 0.2) is 0 Å². The number of imide groups is 2. The maximum atomic E-state index is 10.4. The number of carbonyl (C=O) groups is 4. The maximum Gasteiger partial charge on any atom is 0.414 e. The van der Waals surface area contributed by atoms with Crippen LogP contribution in [0.25, 0.3) is 0 Å². The summed E-state index contributed by atoms with van der Waals surface area (Å²) in [6, 6.07) is 0. The molecule has 8 nitrogen and oxygen atoms in total. The number of ether oxygens (including phenoxy) is 2. The van der Waals surface area contributed by atoms with E-state index in [1.54, 1.807) is 13.8 Å². The van der Waals surface area contributed by atoms with Crippen LogP contribution in [-0.4, -0.2) is 37.2 Å². The highest BCUT2D eigenvalue weighted by molar-refractivity contribution is 5.98. The molecule has 0 saturated heterocycles. The number of hydrogen-bond acceptors (Lipinski definition) is 6. The predicted molar refractivity (Wildman–Crippen MR) is 70.7 cm³/mol. The molecule has 20 heavy (non-hydrogen) atoms. The van der Waals surface area contributed by atoms with Crippen LogP contribution in [0.1, 0.15) is 13.8 Å². The topological polar surface area (TPSA) is 111 Å². The van der Waals surface area contributed by atoms with Crippen LogP contribution in [0, 0.1) is 0 Å². The second-order valence-electron chi connectivity index (χ2n) is 2.83. The fraction of sp³-hybridized carbons (Fsp3) is 0.333. The van der Waals surface area contributed by atoms with Crippen molar-refractivity contribution >= 4 is 24.0 Å². The van der Waals surface area contributed by atoms with Crippen molar-refractivity contribution in [2.24, 2.45) is 0 Å². The van der Waals surface area contributed by atoms with E-state index in [-0.39, 0.29) is 13.2 Å². The van der Waals surface area contributed by atoms with Crippen molar-refractivity contribution in [3.05, 3.63) is 25.3 Å². The van der Waals surface area contributed by atoms with Gasteiger partial charge in [0.25, 0.3) is 11.8 Å². The average molecular weight is 286 g/mol. The molecule has 0 aromatic carbocycles. The predicted octanol–water partition coefficient (Wildman–Crippen LogP) is 0.890. The van der Waals surface area contributed by atoms with Gasteiger partial charge < -0.3 is 9.47 Å². The lowest BCUT2D eigenvalue weighted by molar-refractivity contribution is -0.116. The molecule has 0 radical (unpaired) electrons. The highest BCUT2D eigenvalue weighted by Crippen LogP contribution is 1.76. The summed E-state index contributed by atoms with van der Waals surface area (Å²) >= 11 is 0. The van der Waals surface area contributed by atoms with Gasteiger partial charge in [0, 0.05) is 0 Å². The van der Waals surface area contributed by atoms with E-state index in [1.165, 1.54) is 0 Å². The van der Waals surface area contributed by atoms with Crippen molar-refractivity contribution < 1.29 is 28.7 Å². The zero-order chi connectivity index (χ0) is 16.0. The molecule has 0 aliphatic carbocycles. The molecule has 0 bridgehead atoms. The van der Waals surface area contributed by atoms with Gasteiger partial charge >= 0.3 is 12.2 Å². The summed E-state index contributed by atoms with van der Waals surface area (Å²) in [7, 11) is 0.